The number of rotatable bonds is 8. The number of amides is 1. The van der Waals surface area contributed by atoms with Crippen LogP contribution in [0, 0.1) is 5.92 Å². The van der Waals surface area contributed by atoms with Crippen molar-refractivity contribution in [2.24, 2.45) is 11.7 Å². The Morgan fingerprint density at radius 3 is 2.73 bits per heavy atom. The van der Waals surface area contributed by atoms with Crippen LogP contribution >= 0.6 is 0 Å². The van der Waals surface area contributed by atoms with Gasteiger partial charge in [-0.3, -0.25) is 4.79 Å². The van der Waals surface area contributed by atoms with Gasteiger partial charge in [-0.1, -0.05) is 12.1 Å². The Morgan fingerprint density at radius 1 is 1.10 bits per heavy atom. The monoisotopic (exact) mass is 583 g/mol. The van der Waals surface area contributed by atoms with Crippen LogP contribution in [0.2, 0.25) is 0 Å². The standard InChI is InChI=1S/C29H37N5O6S/c1-38-13-5-12-34-25-8-3-2-7-24(25)31-28(34)20-6-4-11-32(17-20)29(35)22-18-33(19-23(22)30)41(36,37)21-9-10-26-27(16-21)40-15-14-39-26/h2-3,7-10,16,20,22-23H,4-6,11-15,17-19,30H2,1H3/t20-,22?,23-/m1/s1. The Morgan fingerprint density at radius 2 is 1.90 bits per heavy atom. The van der Waals surface area contributed by atoms with Gasteiger partial charge in [-0.05, 0) is 43.5 Å². The number of benzene rings is 2. The molecule has 0 saturated carbocycles. The van der Waals surface area contributed by atoms with E-state index in [1.54, 1.807) is 13.2 Å². The summed E-state index contributed by atoms with van der Waals surface area (Å²) in [6, 6.07) is 12.1. The molecule has 3 aromatic rings. The molecule has 3 aliphatic heterocycles. The summed E-state index contributed by atoms with van der Waals surface area (Å²) in [4.78, 5) is 20.7. The second-order valence-electron chi connectivity index (χ2n) is 11.0. The van der Waals surface area contributed by atoms with E-state index in [9.17, 15) is 13.2 Å². The highest BCUT2D eigenvalue weighted by Crippen LogP contribution is 2.35. The van der Waals surface area contributed by atoms with Crippen molar-refractivity contribution in [2.75, 3.05) is 53.1 Å². The van der Waals surface area contributed by atoms with E-state index >= 15 is 0 Å². The lowest BCUT2D eigenvalue weighted by atomic mass is 9.94. The number of hydrogen-bond acceptors (Lipinski definition) is 8. The van der Waals surface area contributed by atoms with Gasteiger partial charge in [0.05, 0.1) is 21.8 Å². The summed E-state index contributed by atoms with van der Waals surface area (Å²) < 4.78 is 47.0. The molecule has 1 amide bonds. The quantitative estimate of drug-likeness (QED) is 0.400. The number of nitrogens with two attached hydrogens (primary N) is 1. The number of hydrogen-bond donors (Lipinski definition) is 1. The van der Waals surface area contributed by atoms with Gasteiger partial charge in [-0.25, -0.2) is 13.4 Å². The topological polar surface area (TPSA) is 129 Å². The van der Waals surface area contributed by atoms with E-state index in [-0.39, 0.29) is 29.8 Å². The number of carbonyl (C=O) groups excluding carboxylic acids is 1. The Kier molecular flexibility index (Phi) is 7.90. The second kappa shape index (κ2) is 11.6. The molecule has 1 aromatic heterocycles. The first-order valence-electron chi connectivity index (χ1n) is 14.2. The summed E-state index contributed by atoms with van der Waals surface area (Å²) >= 11 is 0. The number of aromatic nitrogens is 2. The predicted molar refractivity (Wildman–Crippen MR) is 152 cm³/mol. The fourth-order valence-corrected chi connectivity index (χ4v) is 7.73. The summed E-state index contributed by atoms with van der Waals surface area (Å²) in [7, 11) is -2.16. The number of aryl methyl sites for hydroxylation is 1. The summed E-state index contributed by atoms with van der Waals surface area (Å²) in [5, 5.41) is 0. The second-order valence-corrected chi connectivity index (χ2v) is 12.9. The van der Waals surface area contributed by atoms with Crippen molar-refractivity contribution < 1.29 is 27.4 Å². The largest absolute Gasteiger partial charge is 0.486 e. The van der Waals surface area contributed by atoms with Crippen molar-refractivity contribution in [1.82, 2.24) is 18.8 Å². The minimum absolute atomic E-state index is 0.0491. The zero-order valence-electron chi connectivity index (χ0n) is 23.3. The zero-order valence-corrected chi connectivity index (χ0v) is 24.1. The lowest BCUT2D eigenvalue weighted by molar-refractivity contribution is -0.136. The molecule has 0 radical (unpaired) electrons. The van der Waals surface area contributed by atoms with Crippen LogP contribution in [0.4, 0.5) is 0 Å². The molecule has 41 heavy (non-hydrogen) atoms. The van der Waals surface area contributed by atoms with E-state index in [2.05, 4.69) is 10.6 Å². The highest BCUT2D eigenvalue weighted by Gasteiger charge is 2.44. The lowest BCUT2D eigenvalue weighted by Gasteiger charge is -2.35. The maximum Gasteiger partial charge on any atom is 0.243 e. The van der Waals surface area contributed by atoms with Crippen LogP contribution in [0.25, 0.3) is 11.0 Å². The molecule has 11 nitrogen and oxygen atoms in total. The summed E-state index contributed by atoms with van der Waals surface area (Å²) in [5.74, 6) is 1.29. The fraction of sp³-hybridized carbons (Fsp3) is 0.517. The van der Waals surface area contributed by atoms with E-state index in [0.29, 0.717) is 44.4 Å². The number of ether oxygens (including phenoxy) is 3. The number of fused-ring (bicyclic) bond motifs is 2. The van der Waals surface area contributed by atoms with Gasteiger partial charge in [0.2, 0.25) is 15.9 Å². The first kappa shape index (κ1) is 28.0. The van der Waals surface area contributed by atoms with Crippen LogP contribution in [0.15, 0.2) is 47.4 Å². The third-order valence-corrected chi connectivity index (χ3v) is 10.1. The molecule has 2 N–H and O–H groups in total. The number of imidazole rings is 1. The van der Waals surface area contributed by atoms with Crippen molar-refractivity contribution in [3.8, 4) is 11.5 Å². The number of piperidine rings is 1. The molecule has 220 valence electrons. The van der Waals surface area contributed by atoms with Crippen LogP contribution in [-0.4, -0.2) is 92.2 Å². The maximum absolute atomic E-state index is 13.8. The first-order valence-corrected chi connectivity index (χ1v) is 15.7. The Hall–Kier alpha value is -3.19. The smallest absolute Gasteiger partial charge is 0.243 e. The summed E-state index contributed by atoms with van der Waals surface area (Å²) in [6.07, 6.45) is 2.64. The molecule has 2 aromatic carbocycles. The molecule has 0 bridgehead atoms. The molecule has 0 aliphatic carbocycles. The van der Waals surface area contributed by atoms with Crippen molar-refractivity contribution in [3.05, 3.63) is 48.3 Å². The van der Waals surface area contributed by atoms with Crippen LogP contribution in [0.1, 0.15) is 31.0 Å². The van der Waals surface area contributed by atoms with Crippen molar-refractivity contribution in [2.45, 2.75) is 42.7 Å². The minimum atomic E-state index is -3.86. The van der Waals surface area contributed by atoms with Gasteiger partial charge in [0.25, 0.3) is 0 Å². The molecule has 2 saturated heterocycles. The van der Waals surface area contributed by atoms with Crippen LogP contribution in [0.3, 0.4) is 0 Å². The fourth-order valence-electron chi connectivity index (χ4n) is 6.21. The number of likely N-dealkylation sites (tertiary alicyclic amines) is 1. The van der Waals surface area contributed by atoms with Gasteiger partial charge in [-0.2, -0.15) is 4.31 Å². The molecular weight excluding hydrogens is 546 g/mol. The van der Waals surface area contributed by atoms with Crippen molar-refractivity contribution in [3.63, 3.8) is 0 Å². The van der Waals surface area contributed by atoms with Gasteiger partial charge >= 0.3 is 0 Å². The SMILES string of the molecule is COCCCn1c([C@@H]2CCCN(C(=O)C3CN(S(=O)(=O)c4ccc5c(c4)OCCO5)C[C@H]3N)C2)nc2ccccc21. The van der Waals surface area contributed by atoms with E-state index in [4.69, 9.17) is 24.9 Å². The molecule has 6 rings (SSSR count). The average Bonchev–Trinajstić information content (AvgIpc) is 3.58. The molecule has 3 aliphatic rings. The number of carbonyl (C=O) groups is 1. The third kappa shape index (κ3) is 5.41. The first-order chi connectivity index (χ1) is 19.9. The van der Waals surface area contributed by atoms with Gasteiger partial charge < -0.3 is 29.4 Å². The molecule has 1 unspecified atom stereocenters. The summed E-state index contributed by atoms with van der Waals surface area (Å²) in [6.45, 7) is 3.52. The zero-order chi connectivity index (χ0) is 28.6. The summed E-state index contributed by atoms with van der Waals surface area (Å²) in [5.41, 5.74) is 8.45. The van der Waals surface area contributed by atoms with Gasteiger partial charge in [0, 0.05) is 64.5 Å². The van der Waals surface area contributed by atoms with Gasteiger partial charge in [0.1, 0.15) is 19.0 Å². The molecular formula is C29H37N5O6S. The Bertz CT molecular complexity index is 1530. The average molecular weight is 584 g/mol. The number of methoxy groups -OCH3 is 1. The van der Waals surface area contributed by atoms with E-state index in [1.807, 2.05) is 23.1 Å². The van der Waals surface area contributed by atoms with Crippen LogP contribution < -0.4 is 15.2 Å². The predicted octanol–water partition coefficient (Wildman–Crippen LogP) is 2.20. The highest BCUT2D eigenvalue weighted by molar-refractivity contribution is 7.89. The Balaban J connectivity index is 1.18. The molecule has 12 heteroatoms. The highest BCUT2D eigenvalue weighted by atomic mass is 32.2. The Labute approximate surface area is 240 Å². The van der Waals surface area contributed by atoms with Crippen molar-refractivity contribution in [1.29, 1.82) is 0 Å². The lowest BCUT2D eigenvalue weighted by Crippen LogP contribution is -2.47. The number of para-hydroxylation sites is 2. The van der Waals surface area contributed by atoms with Crippen LogP contribution in [0.5, 0.6) is 11.5 Å². The maximum atomic E-state index is 13.8. The molecule has 3 atom stereocenters. The van der Waals surface area contributed by atoms with Crippen LogP contribution in [-0.2, 0) is 26.1 Å². The minimum Gasteiger partial charge on any atom is -0.486 e. The van der Waals surface area contributed by atoms with Gasteiger partial charge in [-0.15, -0.1) is 0 Å². The normalized spacial score (nSPS) is 23.3. The van der Waals surface area contributed by atoms with E-state index in [1.165, 1.54) is 16.4 Å². The number of sulfonamides is 1. The van der Waals surface area contributed by atoms with Crippen molar-refractivity contribution >= 4 is 27.0 Å². The van der Waals surface area contributed by atoms with E-state index in [0.717, 1.165) is 42.7 Å². The van der Waals surface area contributed by atoms with E-state index < -0.39 is 22.0 Å². The van der Waals surface area contributed by atoms with Gasteiger partial charge in [0.15, 0.2) is 11.5 Å². The molecule has 0 spiro atoms. The third-order valence-electron chi connectivity index (χ3n) is 8.31. The number of nitrogens with zero attached hydrogens (tertiary/aromatic N) is 4. The molecule has 2 fully saturated rings. The molecule has 4 heterocycles.